The van der Waals surface area contributed by atoms with Crippen molar-refractivity contribution in [3.8, 4) is 0 Å². The molecule has 1 unspecified atom stereocenters. The molecule has 4 heteroatoms. The van der Waals surface area contributed by atoms with Crippen LogP contribution in [0, 0.1) is 5.92 Å². The van der Waals surface area contributed by atoms with Gasteiger partial charge in [-0.3, -0.25) is 9.59 Å². The molecule has 25 heavy (non-hydrogen) atoms. The Hall–Kier alpha value is -1.94. The minimum atomic E-state index is -0.225. The van der Waals surface area contributed by atoms with Crippen molar-refractivity contribution in [3.05, 3.63) is 41.5 Å². The van der Waals surface area contributed by atoms with Crippen LogP contribution in [0.3, 0.4) is 0 Å². The minimum Gasteiger partial charge on any atom is -0.325 e. The third-order valence-corrected chi connectivity index (χ3v) is 3.44. The lowest BCUT2D eigenvalue weighted by Gasteiger charge is -2.16. The number of carbonyl (C=O) groups excluding carboxylic acids is 2. The maximum Gasteiger partial charge on any atom is 0.241 e. The molecule has 1 aromatic carbocycles. The van der Waals surface area contributed by atoms with Gasteiger partial charge in [0.05, 0.1) is 6.04 Å². The van der Waals surface area contributed by atoms with E-state index in [1.54, 1.807) is 19.2 Å². The second-order valence-electron chi connectivity index (χ2n) is 6.59. The molecule has 1 rings (SSSR count). The van der Waals surface area contributed by atoms with Crippen LogP contribution in [0.15, 0.2) is 30.4 Å². The zero-order chi connectivity index (χ0) is 19.2. The van der Waals surface area contributed by atoms with E-state index in [4.69, 9.17) is 0 Å². The quantitative estimate of drug-likeness (QED) is 0.534. The van der Waals surface area contributed by atoms with Gasteiger partial charge in [-0.25, -0.2) is 0 Å². The van der Waals surface area contributed by atoms with Gasteiger partial charge >= 0.3 is 0 Å². The highest BCUT2D eigenvalue weighted by Gasteiger charge is 2.15. The average Bonchev–Trinajstić information content (AvgIpc) is 2.58. The van der Waals surface area contributed by atoms with Crippen molar-refractivity contribution in [2.45, 2.75) is 59.9 Å². The van der Waals surface area contributed by atoms with Gasteiger partial charge in [-0.05, 0) is 62.9 Å². The van der Waals surface area contributed by atoms with Gasteiger partial charge in [-0.15, -0.1) is 0 Å². The Morgan fingerprint density at radius 3 is 2.36 bits per heavy atom. The van der Waals surface area contributed by atoms with Gasteiger partial charge in [-0.1, -0.05) is 39.8 Å². The van der Waals surface area contributed by atoms with Gasteiger partial charge in [0.1, 0.15) is 6.29 Å². The van der Waals surface area contributed by atoms with Crippen molar-refractivity contribution in [1.29, 1.82) is 0 Å². The maximum atomic E-state index is 12.2. The number of nitrogens with one attached hydrogen (secondary N) is 2. The average molecular weight is 347 g/mol. The van der Waals surface area contributed by atoms with Crippen molar-refractivity contribution >= 4 is 17.9 Å². The predicted octanol–water partition coefficient (Wildman–Crippen LogP) is 4.61. The summed E-state index contributed by atoms with van der Waals surface area (Å²) in [7, 11) is 1.78. The molecular formula is C21H34N2O2. The van der Waals surface area contributed by atoms with E-state index in [9.17, 15) is 9.59 Å². The Morgan fingerprint density at radius 2 is 1.88 bits per heavy atom. The molecule has 4 nitrogen and oxygen atoms in total. The molecule has 1 aromatic rings. The highest BCUT2D eigenvalue weighted by Crippen LogP contribution is 2.16. The van der Waals surface area contributed by atoms with Crippen LogP contribution in [0.1, 0.15) is 63.4 Å². The van der Waals surface area contributed by atoms with E-state index in [1.165, 1.54) is 0 Å². The van der Waals surface area contributed by atoms with Gasteiger partial charge in [-0.2, -0.15) is 0 Å². The number of amides is 1. The minimum absolute atomic E-state index is 0.0529. The summed E-state index contributed by atoms with van der Waals surface area (Å²) in [5.74, 6) is 0.780. The van der Waals surface area contributed by atoms with Crippen LogP contribution in [0.25, 0.3) is 0 Å². The second kappa shape index (κ2) is 13.4. The number of likely N-dealkylation sites (N-methyl/N-ethyl adjacent to an activating group) is 1. The van der Waals surface area contributed by atoms with Gasteiger partial charge < -0.3 is 10.6 Å². The lowest BCUT2D eigenvalue weighted by molar-refractivity contribution is -0.118. The lowest BCUT2D eigenvalue weighted by Crippen LogP contribution is -2.38. The number of hydrogen-bond acceptors (Lipinski definition) is 3. The number of hydrogen-bond donors (Lipinski definition) is 2. The van der Waals surface area contributed by atoms with Gasteiger partial charge in [0.25, 0.3) is 0 Å². The van der Waals surface area contributed by atoms with Crippen LogP contribution in [0.4, 0.5) is 5.69 Å². The highest BCUT2D eigenvalue weighted by atomic mass is 16.2. The zero-order valence-corrected chi connectivity index (χ0v) is 16.6. The van der Waals surface area contributed by atoms with Crippen molar-refractivity contribution in [2.24, 2.45) is 5.92 Å². The number of anilines is 1. The van der Waals surface area contributed by atoms with Crippen LogP contribution in [0.5, 0.6) is 0 Å². The summed E-state index contributed by atoms with van der Waals surface area (Å²) in [5, 5.41) is 5.93. The number of aryl methyl sites for hydroxylation is 1. The van der Waals surface area contributed by atoms with Crippen LogP contribution in [-0.4, -0.2) is 25.3 Å². The molecule has 140 valence electrons. The SMILES string of the molecule is C/C=C\CCC(NC)C(=O)Nc1ccc(C=O)c(CC)c1.CC(C)C. The number of allylic oxidation sites excluding steroid dienone is 2. The summed E-state index contributed by atoms with van der Waals surface area (Å²) in [6.45, 7) is 10.5. The fourth-order valence-corrected chi connectivity index (χ4v) is 2.17. The summed E-state index contributed by atoms with van der Waals surface area (Å²) in [6, 6.07) is 5.15. The molecule has 1 atom stereocenters. The molecule has 0 aliphatic heterocycles. The number of aldehydes is 1. The largest absolute Gasteiger partial charge is 0.325 e. The van der Waals surface area contributed by atoms with Crippen molar-refractivity contribution in [1.82, 2.24) is 5.32 Å². The number of benzene rings is 1. The molecule has 0 aromatic heterocycles. The van der Waals surface area contributed by atoms with E-state index in [0.717, 1.165) is 42.7 Å². The van der Waals surface area contributed by atoms with Crippen LogP contribution in [0.2, 0.25) is 0 Å². The van der Waals surface area contributed by atoms with E-state index >= 15 is 0 Å². The molecule has 0 radical (unpaired) electrons. The summed E-state index contributed by atoms with van der Waals surface area (Å²) < 4.78 is 0. The molecule has 0 saturated carbocycles. The third kappa shape index (κ3) is 9.82. The monoisotopic (exact) mass is 346 g/mol. The standard InChI is InChI=1S/C17H24N2O2.C4H10/c1-4-6-7-8-16(18-3)17(21)19-15-10-9-14(12-20)13(5-2)11-15;1-4(2)3/h4,6,9-12,16,18H,5,7-8H2,1-3H3,(H,19,21);4H,1-3H3/b6-4-;. The maximum absolute atomic E-state index is 12.2. The Bertz CT molecular complexity index is 548. The first-order valence-electron chi connectivity index (χ1n) is 9.06. The van der Waals surface area contributed by atoms with Crippen LogP contribution >= 0.6 is 0 Å². The number of rotatable bonds is 8. The smallest absolute Gasteiger partial charge is 0.241 e. The predicted molar refractivity (Wildman–Crippen MR) is 107 cm³/mol. The van der Waals surface area contributed by atoms with Gasteiger partial charge in [0.2, 0.25) is 5.91 Å². The van der Waals surface area contributed by atoms with E-state index < -0.39 is 0 Å². The summed E-state index contributed by atoms with van der Waals surface area (Å²) >= 11 is 0. The summed E-state index contributed by atoms with van der Waals surface area (Å²) in [6.07, 6.45) is 7.24. The fraction of sp³-hybridized carbons (Fsp3) is 0.524. The molecule has 0 spiro atoms. The van der Waals surface area contributed by atoms with Gasteiger partial charge in [0, 0.05) is 11.3 Å². The Balaban J connectivity index is 0.00000129. The molecule has 0 heterocycles. The molecule has 0 bridgehead atoms. The second-order valence-corrected chi connectivity index (χ2v) is 6.59. The van der Waals surface area contributed by atoms with Crippen molar-refractivity contribution < 1.29 is 9.59 Å². The molecule has 0 aliphatic carbocycles. The number of carbonyl (C=O) groups is 2. The third-order valence-electron chi connectivity index (χ3n) is 3.44. The topological polar surface area (TPSA) is 58.2 Å². The van der Waals surface area contributed by atoms with Crippen molar-refractivity contribution in [2.75, 3.05) is 12.4 Å². The Labute approximate surface area is 153 Å². The molecule has 1 amide bonds. The molecular weight excluding hydrogens is 312 g/mol. The van der Waals surface area contributed by atoms with Crippen molar-refractivity contribution in [3.63, 3.8) is 0 Å². The summed E-state index contributed by atoms with van der Waals surface area (Å²) in [5.41, 5.74) is 2.35. The Morgan fingerprint density at radius 1 is 1.24 bits per heavy atom. The normalized spacial score (nSPS) is 11.8. The lowest BCUT2D eigenvalue weighted by atomic mass is 10.0. The highest BCUT2D eigenvalue weighted by molar-refractivity contribution is 5.95. The zero-order valence-electron chi connectivity index (χ0n) is 16.6. The van der Waals surface area contributed by atoms with E-state index in [0.29, 0.717) is 5.56 Å². The van der Waals surface area contributed by atoms with E-state index in [-0.39, 0.29) is 11.9 Å². The summed E-state index contributed by atoms with van der Waals surface area (Å²) in [4.78, 5) is 23.1. The van der Waals surface area contributed by atoms with E-state index in [1.807, 2.05) is 32.1 Å². The molecule has 2 N–H and O–H groups in total. The first-order chi connectivity index (χ1) is 11.9. The Kier molecular flexibility index (Phi) is 12.3. The first-order valence-corrected chi connectivity index (χ1v) is 9.06. The van der Waals surface area contributed by atoms with Crippen LogP contribution < -0.4 is 10.6 Å². The molecule has 0 aliphatic rings. The van der Waals surface area contributed by atoms with Gasteiger partial charge in [0.15, 0.2) is 0 Å². The van der Waals surface area contributed by atoms with Crippen LogP contribution in [-0.2, 0) is 11.2 Å². The van der Waals surface area contributed by atoms with E-state index in [2.05, 4.69) is 31.4 Å². The fourth-order valence-electron chi connectivity index (χ4n) is 2.17. The molecule has 0 saturated heterocycles. The first kappa shape index (κ1) is 23.1. The molecule has 0 fully saturated rings.